The van der Waals surface area contributed by atoms with Gasteiger partial charge < -0.3 is 9.47 Å². The minimum Gasteiger partial charge on any atom is -0.490 e. The van der Waals surface area contributed by atoms with E-state index in [1.54, 1.807) is 18.2 Å². The monoisotopic (exact) mass is 612 g/mol. The number of nitrogens with zero attached hydrogens (tertiary/aromatic N) is 1. The van der Waals surface area contributed by atoms with Crippen LogP contribution < -0.4 is 19.7 Å². The Balaban J connectivity index is 1.48. The number of fused-ring (bicyclic) bond motifs is 1. The van der Waals surface area contributed by atoms with Gasteiger partial charge in [-0.05, 0) is 95.4 Å². The van der Waals surface area contributed by atoms with Gasteiger partial charge in [0.2, 0.25) is 0 Å². The lowest BCUT2D eigenvalue weighted by Gasteiger charge is -2.27. The molecular formula is C33H29BrN2O5. The van der Waals surface area contributed by atoms with Crippen LogP contribution in [0.15, 0.2) is 76.8 Å². The third kappa shape index (κ3) is 5.60. The van der Waals surface area contributed by atoms with E-state index in [4.69, 9.17) is 9.47 Å². The summed E-state index contributed by atoms with van der Waals surface area (Å²) < 4.78 is 12.8. The van der Waals surface area contributed by atoms with Crippen molar-refractivity contribution in [2.45, 2.75) is 34.3 Å². The molecule has 0 bridgehead atoms. The lowest BCUT2D eigenvalue weighted by atomic mass is 10.0. The molecule has 1 N–H and O–H groups in total. The van der Waals surface area contributed by atoms with Gasteiger partial charge >= 0.3 is 6.03 Å². The molecule has 0 unspecified atom stereocenters. The highest BCUT2D eigenvalue weighted by Gasteiger charge is 2.37. The van der Waals surface area contributed by atoms with Gasteiger partial charge in [-0.15, -0.1) is 0 Å². The van der Waals surface area contributed by atoms with E-state index >= 15 is 0 Å². The fourth-order valence-electron chi connectivity index (χ4n) is 4.95. The zero-order chi connectivity index (χ0) is 29.3. The van der Waals surface area contributed by atoms with Crippen molar-refractivity contribution in [3.63, 3.8) is 0 Å². The van der Waals surface area contributed by atoms with Gasteiger partial charge in [0, 0.05) is 5.56 Å². The number of carbonyl (C=O) groups excluding carboxylic acids is 3. The average Bonchev–Trinajstić information content (AvgIpc) is 2.93. The van der Waals surface area contributed by atoms with E-state index < -0.39 is 17.8 Å². The van der Waals surface area contributed by atoms with Gasteiger partial charge in [0.25, 0.3) is 11.8 Å². The van der Waals surface area contributed by atoms with Crippen LogP contribution in [-0.2, 0) is 16.2 Å². The maximum Gasteiger partial charge on any atom is 0.335 e. The van der Waals surface area contributed by atoms with Crippen molar-refractivity contribution < 1.29 is 23.9 Å². The Morgan fingerprint density at radius 3 is 2.44 bits per heavy atom. The van der Waals surface area contributed by atoms with Gasteiger partial charge in [0.1, 0.15) is 12.2 Å². The molecule has 5 rings (SSSR count). The van der Waals surface area contributed by atoms with E-state index in [0.29, 0.717) is 40.4 Å². The van der Waals surface area contributed by atoms with E-state index in [-0.39, 0.29) is 5.57 Å². The lowest BCUT2D eigenvalue weighted by molar-refractivity contribution is -0.122. The van der Waals surface area contributed by atoms with E-state index in [1.807, 2.05) is 45.0 Å². The largest absolute Gasteiger partial charge is 0.490 e. The maximum absolute atomic E-state index is 13.5. The Kier molecular flexibility index (Phi) is 7.94. The third-order valence-electron chi connectivity index (χ3n) is 6.97. The van der Waals surface area contributed by atoms with E-state index in [0.717, 1.165) is 37.9 Å². The highest BCUT2D eigenvalue weighted by atomic mass is 79.9. The first-order valence-corrected chi connectivity index (χ1v) is 14.0. The zero-order valence-electron chi connectivity index (χ0n) is 23.2. The van der Waals surface area contributed by atoms with Gasteiger partial charge in [0.15, 0.2) is 11.5 Å². The van der Waals surface area contributed by atoms with E-state index in [1.165, 1.54) is 6.08 Å². The molecule has 1 aliphatic rings. The standard InChI is InChI=1S/C33H29BrN2O5/c1-5-40-29-17-22(15-25-31(37)35-33(39)36(32(25)38)28-13-10-19(2)14-21(28)4)16-27(34)30(29)41-18-26-20(3)11-12-23-8-6-7-9-24(23)26/h6-17H,5,18H2,1-4H3,(H,35,37,39)/b25-15+. The van der Waals surface area contributed by atoms with Crippen LogP contribution in [0.1, 0.15) is 34.7 Å². The summed E-state index contributed by atoms with van der Waals surface area (Å²) in [6.45, 7) is 8.35. The van der Waals surface area contributed by atoms with Gasteiger partial charge in [-0.1, -0.05) is 54.1 Å². The number of anilines is 1. The number of ether oxygens (including phenoxy) is 2. The molecule has 0 atom stereocenters. The predicted octanol–water partition coefficient (Wildman–Crippen LogP) is 7.17. The van der Waals surface area contributed by atoms with Crippen LogP contribution in [0.25, 0.3) is 16.8 Å². The summed E-state index contributed by atoms with van der Waals surface area (Å²) in [5.74, 6) is -0.501. The lowest BCUT2D eigenvalue weighted by Crippen LogP contribution is -2.54. The zero-order valence-corrected chi connectivity index (χ0v) is 24.8. The molecule has 1 heterocycles. The number of hydrogen-bond donors (Lipinski definition) is 1. The van der Waals surface area contributed by atoms with Crippen molar-refractivity contribution >= 4 is 56.3 Å². The van der Waals surface area contributed by atoms with Crippen molar-refractivity contribution in [2.75, 3.05) is 11.5 Å². The van der Waals surface area contributed by atoms with E-state index in [2.05, 4.69) is 52.4 Å². The molecule has 1 saturated heterocycles. The summed E-state index contributed by atoms with van der Waals surface area (Å²) in [6, 6.07) is 20.4. The molecule has 0 aliphatic carbocycles. The van der Waals surface area contributed by atoms with Crippen molar-refractivity contribution in [3.05, 3.63) is 105 Å². The summed E-state index contributed by atoms with van der Waals surface area (Å²) in [6.07, 6.45) is 1.45. The third-order valence-corrected chi connectivity index (χ3v) is 7.56. The number of hydrogen-bond acceptors (Lipinski definition) is 5. The van der Waals surface area contributed by atoms with Crippen molar-refractivity contribution in [3.8, 4) is 11.5 Å². The molecule has 1 fully saturated rings. The number of imide groups is 2. The SMILES string of the molecule is CCOc1cc(/C=C2\C(=O)NC(=O)N(c3ccc(C)cc3C)C2=O)cc(Br)c1OCc1c(C)ccc2ccccc12. The Morgan fingerprint density at radius 1 is 0.902 bits per heavy atom. The van der Waals surface area contributed by atoms with Crippen LogP contribution in [0.4, 0.5) is 10.5 Å². The first kappa shape index (κ1) is 28.1. The second-order valence-corrected chi connectivity index (χ2v) is 10.7. The first-order chi connectivity index (χ1) is 19.7. The molecule has 4 aromatic carbocycles. The normalized spacial score (nSPS) is 14.5. The van der Waals surface area contributed by atoms with Crippen LogP contribution in [0.2, 0.25) is 0 Å². The Labute approximate surface area is 246 Å². The molecule has 4 amide bonds. The fraction of sp³-hybridized carbons (Fsp3) is 0.182. The summed E-state index contributed by atoms with van der Waals surface area (Å²) in [5, 5.41) is 4.54. The Bertz CT molecular complexity index is 1740. The minimum absolute atomic E-state index is 0.168. The van der Waals surface area contributed by atoms with Crippen molar-refractivity contribution in [1.29, 1.82) is 0 Å². The van der Waals surface area contributed by atoms with Crippen LogP contribution >= 0.6 is 15.9 Å². The number of carbonyl (C=O) groups is 3. The molecule has 208 valence electrons. The Morgan fingerprint density at radius 2 is 1.68 bits per heavy atom. The molecule has 0 radical (unpaired) electrons. The van der Waals surface area contributed by atoms with Crippen LogP contribution in [0.5, 0.6) is 11.5 Å². The summed E-state index contributed by atoms with van der Waals surface area (Å²) in [4.78, 5) is 39.9. The summed E-state index contributed by atoms with van der Waals surface area (Å²) in [5.41, 5.74) is 4.70. The maximum atomic E-state index is 13.5. The Hall–Kier alpha value is -4.43. The number of aryl methyl sites for hydroxylation is 3. The number of nitrogens with one attached hydrogen (secondary N) is 1. The molecule has 1 aliphatic heterocycles. The number of amides is 4. The highest BCUT2D eigenvalue weighted by Crippen LogP contribution is 2.39. The highest BCUT2D eigenvalue weighted by molar-refractivity contribution is 9.10. The second kappa shape index (κ2) is 11.6. The van der Waals surface area contributed by atoms with E-state index in [9.17, 15) is 14.4 Å². The molecular weight excluding hydrogens is 584 g/mol. The number of barbiturate groups is 1. The molecule has 0 aromatic heterocycles. The number of benzene rings is 4. The van der Waals surface area contributed by atoms with Crippen molar-refractivity contribution in [2.24, 2.45) is 0 Å². The smallest absolute Gasteiger partial charge is 0.335 e. The molecule has 41 heavy (non-hydrogen) atoms. The minimum atomic E-state index is -0.784. The number of urea groups is 1. The van der Waals surface area contributed by atoms with Crippen LogP contribution in [0.3, 0.4) is 0 Å². The van der Waals surface area contributed by atoms with Crippen LogP contribution in [0, 0.1) is 20.8 Å². The van der Waals surface area contributed by atoms with Crippen molar-refractivity contribution in [1.82, 2.24) is 5.32 Å². The fourth-order valence-corrected chi connectivity index (χ4v) is 5.53. The molecule has 8 heteroatoms. The number of halogens is 1. The molecule has 7 nitrogen and oxygen atoms in total. The van der Waals surface area contributed by atoms with Gasteiger partial charge in [-0.2, -0.15) is 0 Å². The summed E-state index contributed by atoms with van der Waals surface area (Å²) in [7, 11) is 0. The first-order valence-electron chi connectivity index (χ1n) is 13.2. The molecule has 0 saturated carbocycles. The molecule has 4 aromatic rings. The van der Waals surface area contributed by atoms with Crippen LogP contribution in [-0.4, -0.2) is 24.5 Å². The average molecular weight is 614 g/mol. The second-order valence-electron chi connectivity index (χ2n) is 9.88. The number of rotatable bonds is 7. The predicted molar refractivity (Wildman–Crippen MR) is 163 cm³/mol. The van der Waals surface area contributed by atoms with Gasteiger partial charge in [0.05, 0.1) is 16.8 Å². The van der Waals surface area contributed by atoms with Gasteiger partial charge in [-0.3, -0.25) is 14.9 Å². The summed E-state index contributed by atoms with van der Waals surface area (Å²) >= 11 is 3.60. The molecule has 0 spiro atoms. The topological polar surface area (TPSA) is 84.9 Å². The van der Waals surface area contributed by atoms with Gasteiger partial charge in [-0.25, -0.2) is 9.69 Å². The quantitative estimate of drug-likeness (QED) is 0.177.